The minimum atomic E-state index is 0.668. The van der Waals surface area contributed by atoms with Crippen LogP contribution in [0.2, 0.25) is 0 Å². The van der Waals surface area contributed by atoms with Gasteiger partial charge in [0.1, 0.15) is 0 Å². The van der Waals surface area contributed by atoms with E-state index in [1.807, 2.05) is 0 Å². The van der Waals surface area contributed by atoms with Crippen LogP contribution >= 0.6 is 0 Å². The molecule has 2 fully saturated rings. The minimum absolute atomic E-state index is 0.668. The van der Waals surface area contributed by atoms with Crippen molar-refractivity contribution in [2.75, 3.05) is 46.6 Å². The quantitative estimate of drug-likeness (QED) is 0.329. The summed E-state index contributed by atoms with van der Waals surface area (Å²) in [6.45, 7) is 7.03. The third-order valence-electron chi connectivity index (χ3n) is 4.45. The number of ether oxygens (including phenoxy) is 2. The number of guanidine groups is 1. The number of rotatable bonds is 12. The molecule has 0 heterocycles. The van der Waals surface area contributed by atoms with E-state index in [-0.39, 0.29) is 0 Å². The smallest absolute Gasteiger partial charge is 0.191 e. The molecule has 2 saturated carbocycles. The van der Waals surface area contributed by atoms with E-state index >= 15 is 0 Å². The molecule has 0 aromatic carbocycles. The molecule has 0 unspecified atom stereocenters. The van der Waals surface area contributed by atoms with Crippen molar-refractivity contribution >= 4 is 5.96 Å². The van der Waals surface area contributed by atoms with E-state index in [0.717, 1.165) is 56.4 Å². The fourth-order valence-corrected chi connectivity index (χ4v) is 2.90. The Labute approximate surface area is 135 Å². The number of nitrogens with one attached hydrogen (secondary N) is 2. The minimum Gasteiger partial charge on any atom is -0.382 e. The van der Waals surface area contributed by atoms with Crippen LogP contribution in [-0.2, 0) is 9.47 Å². The lowest BCUT2D eigenvalue weighted by molar-refractivity contribution is 0.0698. The highest BCUT2D eigenvalue weighted by Gasteiger charge is 2.41. The lowest BCUT2D eigenvalue weighted by Gasteiger charge is -2.15. The van der Waals surface area contributed by atoms with Gasteiger partial charge in [-0.3, -0.25) is 4.99 Å². The number of nitrogens with zero attached hydrogens (tertiary/aromatic N) is 1. The highest BCUT2D eigenvalue weighted by molar-refractivity contribution is 5.79. The third kappa shape index (κ3) is 6.97. The van der Waals surface area contributed by atoms with Crippen LogP contribution in [0.1, 0.15) is 39.0 Å². The molecule has 0 spiro atoms. The molecule has 0 atom stereocenters. The van der Waals surface area contributed by atoms with Gasteiger partial charge in [-0.05, 0) is 56.8 Å². The van der Waals surface area contributed by atoms with E-state index in [2.05, 4.69) is 17.6 Å². The molecule has 0 aromatic heterocycles. The zero-order valence-corrected chi connectivity index (χ0v) is 14.3. The van der Waals surface area contributed by atoms with Crippen molar-refractivity contribution < 1.29 is 9.47 Å². The first-order valence-corrected chi connectivity index (χ1v) is 8.94. The van der Waals surface area contributed by atoms with Gasteiger partial charge in [-0.25, -0.2) is 0 Å². The fraction of sp³-hybridized carbons (Fsp3) is 0.941. The van der Waals surface area contributed by atoms with Crippen molar-refractivity contribution in [3.05, 3.63) is 0 Å². The van der Waals surface area contributed by atoms with E-state index in [1.165, 1.54) is 25.7 Å². The van der Waals surface area contributed by atoms with Crippen LogP contribution in [0.5, 0.6) is 0 Å². The van der Waals surface area contributed by atoms with Gasteiger partial charge in [-0.15, -0.1) is 0 Å². The van der Waals surface area contributed by atoms with Gasteiger partial charge in [0, 0.05) is 33.4 Å². The summed E-state index contributed by atoms with van der Waals surface area (Å²) in [4.78, 5) is 4.82. The average Bonchev–Trinajstić information content (AvgIpc) is 3.39. The second kappa shape index (κ2) is 10.1. The summed E-state index contributed by atoms with van der Waals surface area (Å²) in [5.41, 5.74) is 0. The molecule has 128 valence electrons. The summed E-state index contributed by atoms with van der Waals surface area (Å²) >= 11 is 0. The fourth-order valence-electron chi connectivity index (χ4n) is 2.90. The van der Waals surface area contributed by atoms with Gasteiger partial charge in [0.2, 0.25) is 0 Å². The van der Waals surface area contributed by atoms with Crippen LogP contribution in [0.25, 0.3) is 0 Å². The zero-order chi connectivity index (χ0) is 15.6. The van der Waals surface area contributed by atoms with Crippen LogP contribution in [-0.4, -0.2) is 52.5 Å². The summed E-state index contributed by atoms with van der Waals surface area (Å²) < 4.78 is 10.4. The Balaban J connectivity index is 1.61. The van der Waals surface area contributed by atoms with Crippen molar-refractivity contribution in [1.29, 1.82) is 0 Å². The van der Waals surface area contributed by atoms with Gasteiger partial charge in [0.05, 0.1) is 13.2 Å². The number of methoxy groups -OCH3 is 1. The summed E-state index contributed by atoms with van der Waals surface area (Å²) in [5.74, 6) is 3.74. The lowest BCUT2D eigenvalue weighted by atomic mass is 9.98. The Kier molecular flexibility index (Phi) is 8.02. The van der Waals surface area contributed by atoms with Gasteiger partial charge < -0.3 is 20.1 Å². The summed E-state index contributed by atoms with van der Waals surface area (Å²) in [6.07, 6.45) is 6.71. The van der Waals surface area contributed by atoms with Crippen LogP contribution in [0.4, 0.5) is 0 Å². The second-order valence-corrected chi connectivity index (χ2v) is 6.44. The topological polar surface area (TPSA) is 54.9 Å². The molecule has 2 aliphatic carbocycles. The molecule has 0 amide bonds. The van der Waals surface area contributed by atoms with E-state index in [9.17, 15) is 0 Å². The van der Waals surface area contributed by atoms with Gasteiger partial charge in [0.15, 0.2) is 5.96 Å². The number of hydrogen-bond acceptors (Lipinski definition) is 3. The van der Waals surface area contributed by atoms with Crippen molar-refractivity contribution in [1.82, 2.24) is 10.6 Å². The molecule has 0 radical (unpaired) electrons. The first-order valence-electron chi connectivity index (χ1n) is 8.94. The SMILES string of the molecule is CCNC(=NCC(C1CC1)C1CC1)NCCCOCCOC. The predicted octanol–water partition coefficient (Wildman–Crippen LogP) is 2.03. The monoisotopic (exact) mass is 311 g/mol. The van der Waals surface area contributed by atoms with E-state index in [4.69, 9.17) is 14.5 Å². The zero-order valence-electron chi connectivity index (χ0n) is 14.3. The van der Waals surface area contributed by atoms with E-state index < -0.39 is 0 Å². The first-order chi connectivity index (χ1) is 10.8. The maximum Gasteiger partial charge on any atom is 0.191 e. The summed E-state index contributed by atoms with van der Waals surface area (Å²) in [6, 6.07) is 0. The molecule has 2 aliphatic rings. The van der Waals surface area contributed by atoms with Gasteiger partial charge in [-0.1, -0.05) is 0 Å². The Bertz CT molecular complexity index is 316. The molecule has 22 heavy (non-hydrogen) atoms. The maximum atomic E-state index is 5.47. The molecule has 2 rings (SSSR count). The molecule has 2 N–H and O–H groups in total. The van der Waals surface area contributed by atoms with E-state index in [1.54, 1.807) is 7.11 Å². The molecule has 0 saturated heterocycles. The van der Waals surface area contributed by atoms with Gasteiger partial charge in [0.25, 0.3) is 0 Å². The lowest BCUT2D eigenvalue weighted by Crippen LogP contribution is -2.38. The Hall–Kier alpha value is -0.810. The van der Waals surface area contributed by atoms with Crippen LogP contribution in [0.3, 0.4) is 0 Å². The molecule has 5 heteroatoms. The number of hydrogen-bond donors (Lipinski definition) is 2. The largest absolute Gasteiger partial charge is 0.382 e. The Morgan fingerprint density at radius 2 is 1.82 bits per heavy atom. The van der Waals surface area contributed by atoms with Crippen LogP contribution < -0.4 is 10.6 Å². The summed E-state index contributed by atoms with van der Waals surface area (Å²) in [5, 5.41) is 6.76. The molecule has 0 bridgehead atoms. The standard InChI is InChI=1S/C17H33N3O2/c1-3-18-17(19-9-4-10-22-12-11-21-2)20-13-16(14-5-6-14)15-7-8-15/h14-16H,3-13H2,1-2H3,(H2,18,19,20). The van der Waals surface area contributed by atoms with Gasteiger partial charge in [-0.2, -0.15) is 0 Å². The Morgan fingerprint density at radius 3 is 2.41 bits per heavy atom. The van der Waals surface area contributed by atoms with Crippen molar-refractivity contribution in [2.24, 2.45) is 22.7 Å². The maximum absolute atomic E-state index is 5.47. The molecule has 0 aliphatic heterocycles. The van der Waals surface area contributed by atoms with E-state index in [0.29, 0.717) is 13.2 Å². The normalized spacial score (nSPS) is 18.8. The molecular weight excluding hydrogens is 278 g/mol. The van der Waals surface area contributed by atoms with Crippen molar-refractivity contribution in [2.45, 2.75) is 39.0 Å². The molecular formula is C17H33N3O2. The van der Waals surface area contributed by atoms with Crippen molar-refractivity contribution in [3.63, 3.8) is 0 Å². The highest BCUT2D eigenvalue weighted by atomic mass is 16.5. The van der Waals surface area contributed by atoms with Crippen molar-refractivity contribution in [3.8, 4) is 0 Å². The predicted molar refractivity (Wildman–Crippen MR) is 90.2 cm³/mol. The first kappa shape index (κ1) is 17.5. The van der Waals surface area contributed by atoms with Crippen LogP contribution in [0.15, 0.2) is 4.99 Å². The third-order valence-corrected chi connectivity index (χ3v) is 4.45. The number of aliphatic imine (C=N–C) groups is 1. The average molecular weight is 311 g/mol. The highest BCUT2D eigenvalue weighted by Crippen LogP contribution is 2.49. The molecule has 0 aromatic rings. The van der Waals surface area contributed by atoms with Crippen LogP contribution in [0, 0.1) is 17.8 Å². The Morgan fingerprint density at radius 1 is 1.09 bits per heavy atom. The second-order valence-electron chi connectivity index (χ2n) is 6.44. The van der Waals surface area contributed by atoms with Gasteiger partial charge >= 0.3 is 0 Å². The summed E-state index contributed by atoms with van der Waals surface area (Å²) in [7, 11) is 1.70. The molecule has 5 nitrogen and oxygen atoms in total.